The van der Waals surface area contributed by atoms with Crippen molar-refractivity contribution in [2.75, 3.05) is 13.6 Å². The SMILES string of the molecule is CNCC(C)C(C)n1nc(C)cc1C. The first-order valence-corrected chi connectivity index (χ1v) is 5.23. The molecule has 0 amide bonds. The van der Waals surface area contributed by atoms with Gasteiger partial charge in [-0.1, -0.05) is 6.92 Å². The van der Waals surface area contributed by atoms with Crippen molar-refractivity contribution in [2.45, 2.75) is 33.7 Å². The number of nitrogens with one attached hydrogen (secondary N) is 1. The molecular weight excluding hydrogens is 174 g/mol. The molecule has 1 N–H and O–H groups in total. The first kappa shape index (κ1) is 11.2. The Morgan fingerprint density at radius 2 is 2.07 bits per heavy atom. The molecule has 0 bridgehead atoms. The molecule has 1 rings (SSSR count). The molecule has 80 valence electrons. The highest BCUT2D eigenvalue weighted by Gasteiger charge is 2.15. The molecule has 0 aliphatic heterocycles. The zero-order valence-corrected chi connectivity index (χ0v) is 9.83. The normalized spacial score (nSPS) is 15.5. The molecule has 0 radical (unpaired) electrons. The number of nitrogens with zero attached hydrogens (tertiary/aromatic N) is 2. The summed E-state index contributed by atoms with van der Waals surface area (Å²) in [7, 11) is 1.99. The minimum Gasteiger partial charge on any atom is -0.319 e. The fraction of sp³-hybridized carbons (Fsp3) is 0.727. The number of aromatic nitrogens is 2. The maximum atomic E-state index is 4.50. The van der Waals surface area contributed by atoms with Crippen molar-refractivity contribution < 1.29 is 0 Å². The Balaban J connectivity index is 2.77. The summed E-state index contributed by atoms with van der Waals surface area (Å²) in [6.45, 7) is 9.65. The van der Waals surface area contributed by atoms with E-state index in [1.165, 1.54) is 5.69 Å². The van der Waals surface area contributed by atoms with Gasteiger partial charge in [0, 0.05) is 5.69 Å². The van der Waals surface area contributed by atoms with Crippen molar-refractivity contribution >= 4 is 0 Å². The van der Waals surface area contributed by atoms with Gasteiger partial charge in [0.1, 0.15) is 0 Å². The van der Waals surface area contributed by atoms with Gasteiger partial charge in [0.2, 0.25) is 0 Å². The van der Waals surface area contributed by atoms with Crippen LogP contribution in [0, 0.1) is 19.8 Å². The van der Waals surface area contributed by atoms with Crippen molar-refractivity contribution in [3.05, 3.63) is 17.5 Å². The summed E-state index contributed by atoms with van der Waals surface area (Å²) in [6, 6.07) is 2.58. The second kappa shape index (κ2) is 4.60. The first-order valence-electron chi connectivity index (χ1n) is 5.23. The Labute approximate surface area is 86.5 Å². The number of rotatable bonds is 4. The average molecular weight is 195 g/mol. The molecule has 2 unspecified atom stereocenters. The smallest absolute Gasteiger partial charge is 0.0596 e. The highest BCUT2D eigenvalue weighted by atomic mass is 15.3. The van der Waals surface area contributed by atoms with Crippen molar-refractivity contribution in [2.24, 2.45) is 5.92 Å². The van der Waals surface area contributed by atoms with Crippen LogP contribution in [0.4, 0.5) is 0 Å². The molecular formula is C11H21N3. The highest BCUT2D eigenvalue weighted by Crippen LogP contribution is 2.18. The van der Waals surface area contributed by atoms with Crippen LogP contribution in [0.25, 0.3) is 0 Å². The lowest BCUT2D eigenvalue weighted by atomic mass is 10.0. The number of aryl methyl sites for hydroxylation is 2. The zero-order valence-electron chi connectivity index (χ0n) is 9.83. The third-order valence-electron chi connectivity index (χ3n) is 2.78. The van der Waals surface area contributed by atoms with E-state index in [4.69, 9.17) is 0 Å². The summed E-state index contributed by atoms with van der Waals surface area (Å²) in [4.78, 5) is 0. The van der Waals surface area contributed by atoms with E-state index in [0.717, 1.165) is 12.2 Å². The van der Waals surface area contributed by atoms with E-state index in [0.29, 0.717) is 12.0 Å². The molecule has 0 saturated heterocycles. The van der Waals surface area contributed by atoms with Crippen LogP contribution in [0.1, 0.15) is 31.3 Å². The second-order valence-corrected chi connectivity index (χ2v) is 4.15. The molecule has 3 nitrogen and oxygen atoms in total. The largest absolute Gasteiger partial charge is 0.319 e. The minimum absolute atomic E-state index is 0.455. The molecule has 0 fully saturated rings. The highest BCUT2D eigenvalue weighted by molar-refractivity contribution is 5.07. The molecule has 1 aromatic heterocycles. The Hall–Kier alpha value is -0.830. The Bertz CT molecular complexity index is 291. The quantitative estimate of drug-likeness (QED) is 0.795. The van der Waals surface area contributed by atoms with E-state index in [2.05, 4.69) is 41.9 Å². The zero-order chi connectivity index (χ0) is 10.7. The van der Waals surface area contributed by atoms with Crippen LogP contribution in [0.3, 0.4) is 0 Å². The van der Waals surface area contributed by atoms with Crippen LogP contribution in [0.5, 0.6) is 0 Å². The van der Waals surface area contributed by atoms with Crippen LogP contribution in [0.2, 0.25) is 0 Å². The van der Waals surface area contributed by atoms with Crippen LogP contribution in [0.15, 0.2) is 6.07 Å². The maximum Gasteiger partial charge on any atom is 0.0596 e. The first-order chi connectivity index (χ1) is 6.56. The van der Waals surface area contributed by atoms with Gasteiger partial charge in [-0.2, -0.15) is 5.10 Å². The fourth-order valence-corrected chi connectivity index (χ4v) is 1.79. The second-order valence-electron chi connectivity index (χ2n) is 4.15. The lowest BCUT2D eigenvalue weighted by Gasteiger charge is -2.21. The van der Waals surface area contributed by atoms with Crippen molar-refractivity contribution in [1.29, 1.82) is 0 Å². The van der Waals surface area contributed by atoms with E-state index in [-0.39, 0.29) is 0 Å². The Morgan fingerprint density at radius 3 is 2.50 bits per heavy atom. The van der Waals surface area contributed by atoms with Gasteiger partial charge in [0.25, 0.3) is 0 Å². The van der Waals surface area contributed by atoms with E-state index in [9.17, 15) is 0 Å². The van der Waals surface area contributed by atoms with Crippen LogP contribution in [-0.4, -0.2) is 23.4 Å². The third-order valence-corrected chi connectivity index (χ3v) is 2.78. The lowest BCUT2D eigenvalue weighted by Crippen LogP contribution is -2.25. The molecule has 0 aliphatic carbocycles. The van der Waals surface area contributed by atoms with Crippen LogP contribution in [-0.2, 0) is 0 Å². The lowest BCUT2D eigenvalue weighted by molar-refractivity contribution is 0.338. The summed E-state index contributed by atoms with van der Waals surface area (Å²) in [5.41, 5.74) is 2.35. The summed E-state index contributed by atoms with van der Waals surface area (Å²) in [5.74, 6) is 0.595. The van der Waals surface area contributed by atoms with Gasteiger partial charge >= 0.3 is 0 Å². The molecule has 2 atom stereocenters. The van der Waals surface area contributed by atoms with Crippen molar-refractivity contribution in [1.82, 2.24) is 15.1 Å². The number of hydrogen-bond donors (Lipinski definition) is 1. The summed E-state index contributed by atoms with van der Waals surface area (Å²) in [5, 5.41) is 7.71. The number of hydrogen-bond acceptors (Lipinski definition) is 2. The van der Waals surface area contributed by atoms with E-state index in [1.54, 1.807) is 0 Å². The monoisotopic (exact) mass is 195 g/mol. The maximum absolute atomic E-state index is 4.50. The van der Waals surface area contributed by atoms with Crippen molar-refractivity contribution in [3.63, 3.8) is 0 Å². The van der Waals surface area contributed by atoms with Gasteiger partial charge in [0.05, 0.1) is 11.7 Å². The standard InChI is InChI=1S/C11H21N3/c1-8(7-12-5)11(4)14-10(3)6-9(2)13-14/h6,8,11-12H,7H2,1-5H3. The molecule has 3 heteroatoms. The van der Waals surface area contributed by atoms with Gasteiger partial charge in [-0.25, -0.2) is 0 Å². The molecule has 14 heavy (non-hydrogen) atoms. The van der Waals surface area contributed by atoms with E-state index < -0.39 is 0 Å². The molecule has 0 aliphatic rings. The minimum atomic E-state index is 0.455. The molecule has 1 heterocycles. The van der Waals surface area contributed by atoms with Crippen molar-refractivity contribution in [3.8, 4) is 0 Å². The molecule has 0 spiro atoms. The van der Waals surface area contributed by atoms with E-state index in [1.807, 2.05) is 14.0 Å². The predicted octanol–water partition coefficient (Wildman–Crippen LogP) is 1.92. The van der Waals surface area contributed by atoms with Gasteiger partial charge in [-0.3, -0.25) is 4.68 Å². The van der Waals surface area contributed by atoms with Gasteiger partial charge in [0.15, 0.2) is 0 Å². The van der Waals surface area contributed by atoms with E-state index >= 15 is 0 Å². The molecule has 0 saturated carbocycles. The molecule has 1 aromatic rings. The van der Waals surface area contributed by atoms with Gasteiger partial charge < -0.3 is 5.32 Å². The third kappa shape index (κ3) is 2.35. The average Bonchev–Trinajstić information content (AvgIpc) is 2.44. The molecule has 0 aromatic carbocycles. The summed E-state index contributed by atoms with van der Waals surface area (Å²) in [6.07, 6.45) is 0. The predicted molar refractivity (Wildman–Crippen MR) is 59.5 cm³/mol. The summed E-state index contributed by atoms with van der Waals surface area (Å²) >= 11 is 0. The van der Waals surface area contributed by atoms with Gasteiger partial charge in [-0.05, 0) is 46.3 Å². The summed E-state index contributed by atoms with van der Waals surface area (Å²) < 4.78 is 2.12. The van der Waals surface area contributed by atoms with Crippen LogP contribution >= 0.6 is 0 Å². The Kier molecular flexibility index (Phi) is 3.69. The fourth-order valence-electron chi connectivity index (χ4n) is 1.79. The van der Waals surface area contributed by atoms with Crippen LogP contribution < -0.4 is 5.32 Å². The Morgan fingerprint density at radius 1 is 1.43 bits per heavy atom. The topological polar surface area (TPSA) is 29.9 Å². The van der Waals surface area contributed by atoms with Gasteiger partial charge in [-0.15, -0.1) is 0 Å².